The maximum Gasteiger partial charge on any atom is 0.274 e. The van der Waals surface area contributed by atoms with Gasteiger partial charge in [-0.2, -0.15) is 0 Å². The Labute approximate surface area is 134 Å². The van der Waals surface area contributed by atoms with Gasteiger partial charge in [-0.1, -0.05) is 6.07 Å². The monoisotopic (exact) mass is 313 g/mol. The Hall–Kier alpha value is -2.54. The molecule has 3 heterocycles. The van der Waals surface area contributed by atoms with Crippen molar-refractivity contribution >= 4 is 11.7 Å². The Morgan fingerprint density at radius 2 is 2.22 bits per heavy atom. The van der Waals surface area contributed by atoms with Crippen LogP contribution < -0.4 is 4.90 Å². The van der Waals surface area contributed by atoms with Crippen LogP contribution in [-0.4, -0.2) is 59.6 Å². The van der Waals surface area contributed by atoms with Crippen molar-refractivity contribution in [2.45, 2.75) is 6.10 Å². The van der Waals surface area contributed by atoms with Gasteiger partial charge in [-0.3, -0.25) is 9.78 Å². The molecule has 1 unspecified atom stereocenters. The fraction of sp³-hybridized carbons (Fsp3) is 0.375. The molecule has 1 fully saturated rings. The number of amides is 1. The Morgan fingerprint density at radius 3 is 2.96 bits per heavy atom. The molecule has 2 aromatic heterocycles. The predicted octanol–water partition coefficient (Wildman–Crippen LogP) is 1.15. The molecule has 0 saturated carbocycles. The first-order valence-electron chi connectivity index (χ1n) is 7.46. The molecule has 1 saturated heterocycles. The van der Waals surface area contributed by atoms with Crippen LogP contribution in [0.1, 0.15) is 22.3 Å². The van der Waals surface area contributed by atoms with Gasteiger partial charge in [-0.05, 0) is 12.1 Å². The van der Waals surface area contributed by atoms with Crippen LogP contribution in [0.15, 0.2) is 36.8 Å². The van der Waals surface area contributed by atoms with Crippen molar-refractivity contribution in [1.82, 2.24) is 19.9 Å². The zero-order chi connectivity index (χ0) is 16.2. The Kier molecular flexibility index (Phi) is 4.47. The molecule has 3 rings (SSSR count). The van der Waals surface area contributed by atoms with Gasteiger partial charge in [0.25, 0.3) is 5.91 Å². The molecule has 0 N–H and O–H groups in total. The smallest absolute Gasteiger partial charge is 0.274 e. The van der Waals surface area contributed by atoms with E-state index in [0.29, 0.717) is 25.4 Å². The maximum absolute atomic E-state index is 12.5. The van der Waals surface area contributed by atoms with Crippen molar-refractivity contribution in [3.63, 3.8) is 0 Å². The number of carbonyl (C=O) groups is 1. The van der Waals surface area contributed by atoms with E-state index < -0.39 is 0 Å². The molecule has 7 heteroatoms. The second-order valence-electron chi connectivity index (χ2n) is 5.52. The quantitative estimate of drug-likeness (QED) is 0.846. The third-order valence-electron chi connectivity index (χ3n) is 3.68. The summed E-state index contributed by atoms with van der Waals surface area (Å²) in [6, 6.07) is 5.81. The molecular weight excluding hydrogens is 294 g/mol. The average molecular weight is 313 g/mol. The summed E-state index contributed by atoms with van der Waals surface area (Å²) in [6.07, 6.45) is 4.32. The molecule has 0 radical (unpaired) electrons. The van der Waals surface area contributed by atoms with E-state index in [4.69, 9.17) is 4.74 Å². The number of nitrogens with zero attached hydrogens (tertiary/aromatic N) is 5. The van der Waals surface area contributed by atoms with Gasteiger partial charge in [0.05, 0.1) is 25.0 Å². The second kappa shape index (κ2) is 6.70. The molecule has 7 nitrogen and oxygen atoms in total. The number of morpholine rings is 1. The number of hydrogen-bond acceptors (Lipinski definition) is 6. The summed E-state index contributed by atoms with van der Waals surface area (Å²) in [6.45, 7) is 1.48. The zero-order valence-electron chi connectivity index (χ0n) is 13.2. The normalized spacial score (nSPS) is 17.8. The molecule has 120 valence electrons. The van der Waals surface area contributed by atoms with Crippen molar-refractivity contribution in [2.75, 3.05) is 38.7 Å². The lowest BCUT2D eigenvalue weighted by Crippen LogP contribution is -2.42. The highest BCUT2D eigenvalue weighted by atomic mass is 16.5. The first-order chi connectivity index (χ1) is 11.1. The number of anilines is 1. The molecule has 0 spiro atoms. The van der Waals surface area contributed by atoms with Gasteiger partial charge in [0, 0.05) is 33.0 Å². The Balaban J connectivity index is 1.76. The standard InChI is InChI=1S/C16H19N5O2/c1-20(2)15-5-3-4-12(19-15)14-11-21(8-9-23-14)16(22)13-10-17-6-7-18-13/h3-7,10,14H,8-9,11H2,1-2H3. The van der Waals surface area contributed by atoms with E-state index in [9.17, 15) is 4.79 Å². The molecule has 1 aliphatic heterocycles. The van der Waals surface area contributed by atoms with Crippen molar-refractivity contribution in [1.29, 1.82) is 0 Å². The first kappa shape index (κ1) is 15.4. The predicted molar refractivity (Wildman–Crippen MR) is 85.2 cm³/mol. The van der Waals surface area contributed by atoms with Crippen LogP contribution in [0.2, 0.25) is 0 Å². The van der Waals surface area contributed by atoms with E-state index in [2.05, 4.69) is 15.0 Å². The first-order valence-corrected chi connectivity index (χ1v) is 7.46. The molecule has 0 bridgehead atoms. The zero-order valence-corrected chi connectivity index (χ0v) is 13.2. The molecule has 1 amide bonds. The lowest BCUT2D eigenvalue weighted by molar-refractivity contribution is -0.0248. The summed E-state index contributed by atoms with van der Waals surface area (Å²) >= 11 is 0. The van der Waals surface area contributed by atoms with E-state index in [1.165, 1.54) is 12.4 Å². The van der Waals surface area contributed by atoms with Gasteiger partial charge >= 0.3 is 0 Å². The van der Waals surface area contributed by atoms with E-state index in [1.54, 1.807) is 11.1 Å². The van der Waals surface area contributed by atoms with Crippen LogP contribution in [0.5, 0.6) is 0 Å². The molecule has 2 aromatic rings. The van der Waals surface area contributed by atoms with Crippen LogP contribution in [-0.2, 0) is 4.74 Å². The van der Waals surface area contributed by atoms with Gasteiger partial charge in [0.1, 0.15) is 17.6 Å². The van der Waals surface area contributed by atoms with Crippen LogP contribution in [0.25, 0.3) is 0 Å². The lowest BCUT2D eigenvalue weighted by atomic mass is 10.1. The number of carbonyl (C=O) groups excluding carboxylic acids is 1. The number of aromatic nitrogens is 3. The van der Waals surface area contributed by atoms with Gasteiger partial charge in [-0.15, -0.1) is 0 Å². The third kappa shape index (κ3) is 3.45. The topological polar surface area (TPSA) is 71.5 Å². The van der Waals surface area contributed by atoms with E-state index in [-0.39, 0.29) is 12.0 Å². The van der Waals surface area contributed by atoms with E-state index in [0.717, 1.165) is 11.5 Å². The number of ether oxygens (including phenoxy) is 1. The van der Waals surface area contributed by atoms with E-state index in [1.807, 2.05) is 37.2 Å². The SMILES string of the molecule is CN(C)c1cccc(C2CN(C(=O)c3cnccn3)CCO2)n1. The van der Waals surface area contributed by atoms with Crippen LogP contribution in [0.4, 0.5) is 5.82 Å². The van der Waals surface area contributed by atoms with Gasteiger partial charge < -0.3 is 14.5 Å². The molecule has 0 aliphatic carbocycles. The van der Waals surface area contributed by atoms with Crippen molar-refractivity contribution in [3.8, 4) is 0 Å². The van der Waals surface area contributed by atoms with Crippen LogP contribution in [0.3, 0.4) is 0 Å². The Morgan fingerprint density at radius 1 is 1.35 bits per heavy atom. The minimum atomic E-state index is -0.232. The summed E-state index contributed by atoms with van der Waals surface area (Å²) in [4.78, 5) is 28.8. The number of pyridine rings is 1. The molecule has 1 aliphatic rings. The van der Waals surface area contributed by atoms with E-state index >= 15 is 0 Å². The summed E-state index contributed by atoms with van der Waals surface area (Å²) < 4.78 is 5.80. The van der Waals surface area contributed by atoms with Gasteiger partial charge in [-0.25, -0.2) is 9.97 Å². The summed E-state index contributed by atoms with van der Waals surface area (Å²) in [7, 11) is 3.88. The minimum Gasteiger partial charge on any atom is -0.368 e. The molecule has 0 aromatic carbocycles. The van der Waals surface area contributed by atoms with Crippen molar-refractivity contribution in [2.24, 2.45) is 0 Å². The van der Waals surface area contributed by atoms with Crippen LogP contribution in [0, 0.1) is 0 Å². The maximum atomic E-state index is 12.5. The minimum absolute atomic E-state index is 0.129. The fourth-order valence-corrected chi connectivity index (χ4v) is 2.45. The van der Waals surface area contributed by atoms with Crippen molar-refractivity contribution in [3.05, 3.63) is 48.2 Å². The van der Waals surface area contributed by atoms with Gasteiger partial charge in [0.15, 0.2) is 0 Å². The summed E-state index contributed by atoms with van der Waals surface area (Å²) in [5, 5.41) is 0. The summed E-state index contributed by atoms with van der Waals surface area (Å²) in [5.74, 6) is 0.735. The highest BCUT2D eigenvalue weighted by Crippen LogP contribution is 2.23. The second-order valence-corrected chi connectivity index (χ2v) is 5.52. The lowest BCUT2D eigenvalue weighted by Gasteiger charge is -2.32. The fourth-order valence-electron chi connectivity index (χ4n) is 2.45. The highest BCUT2D eigenvalue weighted by molar-refractivity contribution is 5.92. The Bertz CT molecular complexity index is 677. The van der Waals surface area contributed by atoms with Crippen LogP contribution >= 0.6 is 0 Å². The number of rotatable bonds is 3. The third-order valence-corrected chi connectivity index (χ3v) is 3.68. The average Bonchev–Trinajstić information content (AvgIpc) is 2.62. The molecule has 23 heavy (non-hydrogen) atoms. The van der Waals surface area contributed by atoms with Gasteiger partial charge in [0.2, 0.25) is 0 Å². The summed E-state index contributed by atoms with van der Waals surface area (Å²) in [5.41, 5.74) is 1.18. The largest absolute Gasteiger partial charge is 0.368 e. The molecular formula is C16H19N5O2. The van der Waals surface area contributed by atoms with Crippen molar-refractivity contribution < 1.29 is 9.53 Å². The highest BCUT2D eigenvalue weighted by Gasteiger charge is 2.27. The molecule has 1 atom stereocenters. The number of hydrogen-bond donors (Lipinski definition) is 0.